The van der Waals surface area contributed by atoms with Crippen molar-refractivity contribution in [1.29, 1.82) is 0 Å². The minimum absolute atomic E-state index is 0.499. The number of rotatable bonds is 8. The van der Waals surface area contributed by atoms with E-state index in [1.807, 2.05) is 0 Å². The van der Waals surface area contributed by atoms with Gasteiger partial charge in [-0.15, -0.1) is 0 Å². The first-order chi connectivity index (χ1) is 10.3. The largest absolute Gasteiger partial charge is 0.359 e. The topological polar surface area (TPSA) is 62.5 Å². The second kappa shape index (κ2) is 8.05. The molecule has 0 aliphatic heterocycles. The summed E-state index contributed by atoms with van der Waals surface area (Å²) in [6.45, 7) is 5.98. The van der Waals surface area contributed by atoms with Crippen molar-refractivity contribution in [3.63, 3.8) is 0 Å². The van der Waals surface area contributed by atoms with Crippen LogP contribution in [-0.4, -0.2) is 24.7 Å². The van der Waals surface area contributed by atoms with Gasteiger partial charge in [0, 0.05) is 25.6 Å². The van der Waals surface area contributed by atoms with Crippen LogP contribution < -0.4 is 10.6 Å². The van der Waals surface area contributed by atoms with Crippen molar-refractivity contribution in [2.75, 3.05) is 13.6 Å². The number of nitrogens with zero attached hydrogens (tertiary/aromatic N) is 2. The van der Waals surface area contributed by atoms with Gasteiger partial charge in [-0.05, 0) is 25.2 Å². The van der Waals surface area contributed by atoms with Crippen molar-refractivity contribution in [2.24, 2.45) is 10.9 Å². The number of aliphatic imine (C=N–C) groups is 1. The van der Waals surface area contributed by atoms with Crippen molar-refractivity contribution in [3.05, 3.63) is 17.5 Å². The van der Waals surface area contributed by atoms with E-state index in [-0.39, 0.29) is 0 Å². The molecule has 1 aromatic heterocycles. The molecule has 1 aliphatic carbocycles. The molecule has 0 spiro atoms. The molecule has 2 N–H and O–H groups in total. The van der Waals surface area contributed by atoms with Crippen LogP contribution in [0.3, 0.4) is 0 Å². The Labute approximate surface area is 127 Å². The Hall–Kier alpha value is -1.52. The van der Waals surface area contributed by atoms with Crippen LogP contribution in [0, 0.1) is 5.92 Å². The highest BCUT2D eigenvalue weighted by molar-refractivity contribution is 5.79. The van der Waals surface area contributed by atoms with Crippen LogP contribution in [0.5, 0.6) is 0 Å². The summed E-state index contributed by atoms with van der Waals surface area (Å²) < 4.78 is 5.40. The molecule has 0 atom stereocenters. The molecule has 1 fully saturated rings. The van der Waals surface area contributed by atoms with Gasteiger partial charge in [-0.3, -0.25) is 4.99 Å². The van der Waals surface area contributed by atoms with E-state index in [9.17, 15) is 0 Å². The monoisotopic (exact) mass is 292 g/mol. The molecule has 118 valence electrons. The Balaban J connectivity index is 1.75. The van der Waals surface area contributed by atoms with Crippen molar-refractivity contribution < 1.29 is 4.52 Å². The van der Waals surface area contributed by atoms with Gasteiger partial charge < -0.3 is 15.2 Å². The van der Waals surface area contributed by atoms with E-state index in [0.717, 1.165) is 42.7 Å². The molecule has 1 aromatic rings. The van der Waals surface area contributed by atoms with Gasteiger partial charge in [0.2, 0.25) is 0 Å². The molecule has 0 bridgehead atoms. The summed E-state index contributed by atoms with van der Waals surface area (Å²) >= 11 is 0. The number of aromatic nitrogens is 1. The minimum Gasteiger partial charge on any atom is -0.359 e. The van der Waals surface area contributed by atoms with Gasteiger partial charge in [-0.25, -0.2) is 0 Å². The molecule has 5 nitrogen and oxygen atoms in total. The zero-order valence-electron chi connectivity index (χ0n) is 13.5. The normalized spacial score (nSPS) is 15.5. The van der Waals surface area contributed by atoms with Gasteiger partial charge in [-0.1, -0.05) is 31.8 Å². The molecule has 1 heterocycles. The van der Waals surface area contributed by atoms with Crippen LogP contribution >= 0.6 is 0 Å². The van der Waals surface area contributed by atoms with Crippen molar-refractivity contribution in [1.82, 2.24) is 15.8 Å². The molecular formula is C16H28N4O. The fourth-order valence-corrected chi connectivity index (χ4v) is 2.50. The maximum Gasteiger partial charge on any atom is 0.191 e. The molecule has 0 unspecified atom stereocenters. The molecule has 2 rings (SSSR count). The van der Waals surface area contributed by atoms with Gasteiger partial charge in [0.25, 0.3) is 0 Å². The van der Waals surface area contributed by atoms with Crippen LogP contribution in [0.15, 0.2) is 15.6 Å². The highest BCUT2D eigenvalue weighted by Crippen LogP contribution is 2.31. The van der Waals surface area contributed by atoms with Crippen LogP contribution in [0.25, 0.3) is 0 Å². The lowest BCUT2D eigenvalue weighted by Gasteiger charge is -2.10. The standard InChI is InChI=1S/C16H28N4O/c1-4-13(5-2)15-10-14(21-20-15)11-19-16(17-3)18-9-8-12-6-7-12/h10,12-13H,4-9,11H2,1-3H3,(H2,17,18,19). The second-order valence-electron chi connectivity index (χ2n) is 5.82. The van der Waals surface area contributed by atoms with Crippen molar-refractivity contribution >= 4 is 5.96 Å². The predicted octanol–water partition coefficient (Wildman–Crippen LogP) is 3.04. The first-order valence-electron chi connectivity index (χ1n) is 8.16. The fourth-order valence-electron chi connectivity index (χ4n) is 2.50. The molecule has 0 aromatic carbocycles. The summed E-state index contributed by atoms with van der Waals surface area (Å²) in [6, 6.07) is 2.06. The highest BCUT2D eigenvalue weighted by Gasteiger charge is 2.20. The summed E-state index contributed by atoms with van der Waals surface area (Å²) in [5.74, 6) is 3.13. The van der Waals surface area contributed by atoms with Crippen LogP contribution in [0.4, 0.5) is 0 Å². The zero-order chi connectivity index (χ0) is 15.1. The van der Waals surface area contributed by atoms with Crippen molar-refractivity contribution in [3.8, 4) is 0 Å². The minimum atomic E-state index is 0.499. The smallest absolute Gasteiger partial charge is 0.191 e. The van der Waals surface area contributed by atoms with Crippen LogP contribution in [-0.2, 0) is 6.54 Å². The summed E-state index contributed by atoms with van der Waals surface area (Å²) in [5.41, 5.74) is 1.06. The summed E-state index contributed by atoms with van der Waals surface area (Å²) in [5, 5.41) is 10.8. The Morgan fingerprint density at radius 2 is 2.14 bits per heavy atom. The maximum atomic E-state index is 5.40. The lowest BCUT2D eigenvalue weighted by atomic mass is 9.99. The Morgan fingerprint density at radius 1 is 1.38 bits per heavy atom. The number of nitrogens with one attached hydrogen (secondary N) is 2. The second-order valence-corrected chi connectivity index (χ2v) is 5.82. The van der Waals surface area contributed by atoms with Crippen LogP contribution in [0.2, 0.25) is 0 Å². The lowest BCUT2D eigenvalue weighted by molar-refractivity contribution is 0.368. The van der Waals surface area contributed by atoms with E-state index < -0.39 is 0 Å². The zero-order valence-corrected chi connectivity index (χ0v) is 13.5. The molecular weight excluding hydrogens is 264 g/mol. The maximum absolute atomic E-state index is 5.40. The lowest BCUT2D eigenvalue weighted by Crippen LogP contribution is -2.37. The first-order valence-corrected chi connectivity index (χ1v) is 8.16. The molecule has 21 heavy (non-hydrogen) atoms. The summed E-state index contributed by atoms with van der Waals surface area (Å²) in [4.78, 5) is 4.23. The molecule has 0 saturated heterocycles. The molecule has 1 aliphatic rings. The molecule has 5 heteroatoms. The Bertz CT molecular complexity index is 447. The third-order valence-electron chi connectivity index (χ3n) is 4.18. The van der Waals surface area contributed by atoms with Gasteiger partial charge in [-0.2, -0.15) is 0 Å². The average molecular weight is 292 g/mol. The average Bonchev–Trinajstić information content (AvgIpc) is 3.21. The first kappa shape index (κ1) is 15.9. The Morgan fingerprint density at radius 3 is 2.76 bits per heavy atom. The SMILES string of the molecule is CCC(CC)c1cc(CNC(=NC)NCCC2CC2)on1. The number of hydrogen-bond acceptors (Lipinski definition) is 3. The van der Waals surface area contributed by atoms with Gasteiger partial charge >= 0.3 is 0 Å². The van der Waals surface area contributed by atoms with E-state index in [0.29, 0.717) is 12.5 Å². The van der Waals surface area contributed by atoms with E-state index in [1.165, 1.54) is 19.3 Å². The predicted molar refractivity (Wildman–Crippen MR) is 85.4 cm³/mol. The molecule has 0 amide bonds. The van der Waals surface area contributed by atoms with Gasteiger partial charge in [0.05, 0.1) is 12.2 Å². The van der Waals surface area contributed by atoms with Gasteiger partial charge in [0.1, 0.15) is 0 Å². The number of hydrogen-bond donors (Lipinski definition) is 2. The quantitative estimate of drug-likeness (QED) is 0.571. The van der Waals surface area contributed by atoms with Crippen molar-refractivity contribution in [2.45, 2.75) is 58.4 Å². The summed E-state index contributed by atoms with van der Waals surface area (Å²) in [7, 11) is 1.79. The third-order valence-corrected chi connectivity index (χ3v) is 4.18. The van der Waals surface area contributed by atoms with E-state index in [1.54, 1.807) is 7.05 Å². The van der Waals surface area contributed by atoms with Gasteiger partial charge in [0.15, 0.2) is 11.7 Å². The molecule has 1 saturated carbocycles. The molecule has 0 radical (unpaired) electrons. The van der Waals surface area contributed by atoms with E-state index in [2.05, 4.69) is 40.7 Å². The Kier molecular flexibility index (Phi) is 6.08. The third kappa shape index (κ3) is 5.06. The van der Waals surface area contributed by atoms with E-state index >= 15 is 0 Å². The van der Waals surface area contributed by atoms with E-state index in [4.69, 9.17) is 4.52 Å². The van der Waals surface area contributed by atoms with Crippen LogP contribution in [0.1, 0.15) is 63.3 Å². The summed E-state index contributed by atoms with van der Waals surface area (Å²) in [6.07, 6.45) is 6.22. The fraction of sp³-hybridized carbons (Fsp3) is 0.750. The number of guanidine groups is 1. The highest BCUT2D eigenvalue weighted by atomic mass is 16.5.